The fraction of sp³-hybridized carbons (Fsp3) is 0.625. The third kappa shape index (κ3) is 1.83. The summed E-state index contributed by atoms with van der Waals surface area (Å²) in [5.74, 6) is -1.73. The molecule has 1 fully saturated rings. The van der Waals surface area contributed by atoms with Crippen LogP contribution in [0.5, 0.6) is 0 Å². The maximum atomic E-state index is 10.5. The molecule has 7 nitrogen and oxygen atoms in total. The maximum Gasteiger partial charge on any atom is 0.377 e. The van der Waals surface area contributed by atoms with Gasteiger partial charge in [-0.15, -0.1) is 0 Å². The molecule has 3 N–H and O–H groups in total. The third-order valence-electron chi connectivity index (χ3n) is 2.38. The Kier molecular flexibility index (Phi) is 2.41. The van der Waals surface area contributed by atoms with Gasteiger partial charge in [-0.05, 0) is 24.5 Å². The Morgan fingerprint density at radius 1 is 1.60 bits per heavy atom. The van der Waals surface area contributed by atoms with Crippen LogP contribution in [0.25, 0.3) is 0 Å². The van der Waals surface area contributed by atoms with Gasteiger partial charge in [-0.1, -0.05) is 0 Å². The highest BCUT2D eigenvalue weighted by Gasteiger charge is 2.37. The van der Waals surface area contributed by atoms with Gasteiger partial charge in [-0.25, -0.2) is 4.79 Å². The molecule has 0 bridgehead atoms. The highest BCUT2D eigenvalue weighted by molar-refractivity contribution is 5.82. The number of carbonyl (C=O) groups is 1. The van der Waals surface area contributed by atoms with Crippen molar-refractivity contribution >= 4 is 5.97 Å². The fourth-order valence-corrected chi connectivity index (χ4v) is 1.57. The van der Waals surface area contributed by atoms with Crippen LogP contribution in [0.3, 0.4) is 0 Å². The van der Waals surface area contributed by atoms with E-state index in [1.807, 2.05) is 0 Å². The van der Waals surface area contributed by atoms with E-state index in [2.05, 4.69) is 15.5 Å². The number of rotatable bonds is 2. The van der Waals surface area contributed by atoms with Gasteiger partial charge < -0.3 is 20.1 Å². The molecule has 0 saturated carbocycles. The highest BCUT2D eigenvalue weighted by Crippen LogP contribution is 2.26. The van der Waals surface area contributed by atoms with Gasteiger partial charge in [0.05, 0.1) is 0 Å². The summed E-state index contributed by atoms with van der Waals surface area (Å²) in [7, 11) is 0. The fourth-order valence-electron chi connectivity index (χ4n) is 1.57. The summed E-state index contributed by atoms with van der Waals surface area (Å²) in [5.41, 5.74) is -1.24. The van der Waals surface area contributed by atoms with Crippen molar-refractivity contribution in [3.8, 4) is 0 Å². The number of hydrogen-bond acceptors (Lipinski definition) is 6. The lowest BCUT2D eigenvalue weighted by Crippen LogP contribution is -2.43. The summed E-state index contributed by atoms with van der Waals surface area (Å²) in [6.07, 6.45) is 1.27. The summed E-state index contributed by atoms with van der Waals surface area (Å²) in [6, 6.07) is 0. The van der Waals surface area contributed by atoms with Gasteiger partial charge in [0, 0.05) is 6.54 Å². The Bertz CT molecular complexity index is 370. The predicted molar refractivity (Wildman–Crippen MR) is 47.3 cm³/mol. The van der Waals surface area contributed by atoms with E-state index in [9.17, 15) is 9.90 Å². The van der Waals surface area contributed by atoms with E-state index < -0.39 is 17.4 Å². The molecule has 0 spiro atoms. The Labute approximate surface area is 85.1 Å². The second-order valence-corrected chi connectivity index (χ2v) is 3.54. The number of aliphatic hydroxyl groups is 1. The van der Waals surface area contributed by atoms with Gasteiger partial charge in [-0.3, -0.25) is 0 Å². The van der Waals surface area contributed by atoms with Gasteiger partial charge in [0.15, 0.2) is 5.60 Å². The van der Waals surface area contributed by atoms with Gasteiger partial charge >= 0.3 is 5.97 Å². The van der Waals surface area contributed by atoms with Crippen LogP contribution >= 0.6 is 0 Å². The Morgan fingerprint density at radius 2 is 2.40 bits per heavy atom. The Morgan fingerprint density at radius 3 is 2.93 bits per heavy atom. The summed E-state index contributed by atoms with van der Waals surface area (Å²) in [6.45, 7) is 1.12. The van der Waals surface area contributed by atoms with Gasteiger partial charge in [-0.2, -0.15) is 4.98 Å². The van der Waals surface area contributed by atoms with Crippen LogP contribution in [0.15, 0.2) is 4.52 Å². The second kappa shape index (κ2) is 3.59. The minimum absolute atomic E-state index is 0.0351. The molecule has 82 valence electrons. The normalized spacial score (nSPS) is 26.5. The first-order chi connectivity index (χ1) is 7.12. The monoisotopic (exact) mass is 213 g/mol. The van der Waals surface area contributed by atoms with Gasteiger partial charge in [0.1, 0.15) is 0 Å². The Hall–Kier alpha value is -1.47. The predicted octanol–water partition coefficient (Wildman–Crippen LogP) is -0.661. The lowest BCUT2D eigenvalue weighted by molar-refractivity contribution is -0.0167. The topological polar surface area (TPSA) is 108 Å². The molecule has 1 unspecified atom stereocenters. The van der Waals surface area contributed by atoms with Crippen molar-refractivity contribution in [2.75, 3.05) is 13.1 Å². The molecule has 2 rings (SSSR count). The lowest BCUT2D eigenvalue weighted by Gasteiger charge is -2.28. The van der Waals surface area contributed by atoms with Crippen LogP contribution in [-0.2, 0) is 5.60 Å². The van der Waals surface area contributed by atoms with Crippen molar-refractivity contribution in [1.82, 2.24) is 15.5 Å². The van der Waals surface area contributed by atoms with Crippen LogP contribution < -0.4 is 5.32 Å². The summed E-state index contributed by atoms with van der Waals surface area (Å²) >= 11 is 0. The molecule has 1 aromatic heterocycles. The highest BCUT2D eigenvalue weighted by atomic mass is 16.5. The second-order valence-electron chi connectivity index (χ2n) is 3.54. The number of hydrogen-bond donors (Lipinski definition) is 3. The van der Waals surface area contributed by atoms with Crippen molar-refractivity contribution in [2.24, 2.45) is 0 Å². The zero-order chi connectivity index (χ0) is 10.9. The van der Waals surface area contributed by atoms with E-state index in [4.69, 9.17) is 9.63 Å². The molecule has 0 aliphatic carbocycles. The molecular weight excluding hydrogens is 202 g/mol. The zero-order valence-corrected chi connectivity index (χ0v) is 7.93. The maximum absolute atomic E-state index is 10.5. The quantitative estimate of drug-likeness (QED) is 0.598. The van der Waals surface area contributed by atoms with Crippen LogP contribution in [0.1, 0.15) is 29.4 Å². The van der Waals surface area contributed by atoms with Gasteiger partial charge in [0.25, 0.3) is 11.7 Å². The van der Waals surface area contributed by atoms with E-state index in [1.165, 1.54) is 0 Å². The number of β-amino-alcohol motifs (C(OH)–C–C–N with tert-alkyl or cyclic N) is 1. The molecule has 1 aromatic rings. The number of carboxylic acid groups (broad SMARTS) is 1. The average molecular weight is 213 g/mol. The van der Waals surface area contributed by atoms with E-state index in [0.29, 0.717) is 13.0 Å². The number of carboxylic acids is 1. The smallest absolute Gasteiger partial charge is 0.377 e. The molecule has 2 heterocycles. The molecular formula is C8H11N3O4. The van der Waals surface area contributed by atoms with E-state index in [-0.39, 0.29) is 5.89 Å². The van der Waals surface area contributed by atoms with Crippen LogP contribution in [0.2, 0.25) is 0 Å². The van der Waals surface area contributed by atoms with E-state index in [1.54, 1.807) is 0 Å². The van der Waals surface area contributed by atoms with Crippen LogP contribution in [0.4, 0.5) is 0 Å². The van der Waals surface area contributed by atoms with E-state index >= 15 is 0 Å². The average Bonchev–Trinajstić information content (AvgIpc) is 2.68. The summed E-state index contributed by atoms with van der Waals surface area (Å²) in [5, 5.41) is 24.9. The van der Waals surface area contributed by atoms with Crippen LogP contribution in [0, 0.1) is 0 Å². The van der Waals surface area contributed by atoms with E-state index in [0.717, 1.165) is 13.0 Å². The van der Waals surface area contributed by atoms with Crippen molar-refractivity contribution in [3.05, 3.63) is 11.7 Å². The SMILES string of the molecule is O=C(O)c1noc(C2(O)CCCNC2)n1. The molecule has 7 heteroatoms. The minimum atomic E-state index is -1.27. The van der Waals surface area contributed by atoms with Crippen molar-refractivity contribution in [3.63, 3.8) is 0 Å². The Balaban J connectivity index is 2.23. The molecule has 1 atom stereocenters. The zero-order valence-electron chi connectivity index (χ0n) is 7.93. The number of aromatic carboxylic acids is 1. The number of nitrogens with one attached hydrogen (secondary N) is 1. The molecule has 1 aliphatic rings. The number of piperidine rings is 1. The molecule has 0 amide bonds. The van der Waals surface area contributed by atoms with Crippen LogP contribution in [-0.4, -0.2) is 39.4 Å². The van der Waals surface area contributed by atoms with Crippen molar-refractivity contribution < 1.29 is 19.5 Å². The molecule has 1 aliphatic heterocycles. The summed E-state index contributed by atoms with van der Waals surface area (Å²) in [4.78, 5) is 14.2. The lowest BCUT2D eigenvalue weighted by atomic mass is 9.94. The first-order valence-corrected chi connectivity index (χ1v) is 4.62. The summed E-state index contributed by atoms with van der Waals surface area (Å²) < 4.78 is 4.74. The van der Waals surface area contributed by atoms with Crippen molar-refractivity contribution in [1.29, 1.82) is 0 Å². The van der Waals surface area contributed by atoms with Crippen molar-refractivity contribution in [2.45, 2.75) is 18.4 Å². The standard InChI is InChI=1S/C8H11N3O4/c12-6(13)5-10-7(15-11-5)8(14)2-1-3-9-4-8/h9,14H,1-4H2,(H,12,13). The molecule has 0 aromatic carbocycles. The largest absolute Gasteiger partial charge is 0.475 e. The number of nitrogens with zero attached hydrogens (tertiary/aromatic N) is 2. The minimum Gasteiger partial charge on any atom is -0.475 e. The first-order valence-electron chi connectivity index (χ1n) is 4.62. The molecule has 15 heavy (non-hydrogen) atoms. The number of aromatic nitrogens is 2. The van der Waals surface area contributed by atoms with Gasteiger partial charge in [0.2, 0.25) is 0 Å². The molecule has 1 saturated heterocycles. The third-order valence-corrected chi connectivity index (χ3v) is 2.38. The molecule has 0 radical (unpaired) electrons. The first kappa shape index (κ1) is 10.1.